The summed E-state index contributed by atoms with van der Waals surface area (Å²) in [5, 5.41) is 33.0. The zero-order chi connectivity index (χ0) is 22.8. The van der Waals surface area contributed by atoms with Crippen molar-refractivity contribution in [2.45, 2.75) is 111 Å². The van der Waals surface area contributed by atoms with Gasteiger partial charge in [0.05, 0.1) is 12.2 Å². The van der Waals surface area contributed by atoms with E-state index in [9.17, 15) is 15.3 Å². The average molecular weight is 431 g/mol. The van der Waals surface area contributed by atoms with E-state index in [1.165, 1.54) is 30.4 Å². The molecule has 4 rings (SSSR count). The molecule has 0 aromatic heterocycles. The molecule has 3 nitrogen and oxygen atoms in total. The molecule has 4 aliphatic rings. The normalized spacial score (nSPS) is 47.3. The minimum atomic E-state index is -1.18. The third kappa shape index (κ3) is 3.49. The lowest BCUT2D eigenvalue weighted by Gasteiger charge is -2.60. The van der Waals surface area contributed by atoms with E-state index in [1.807, 2.05) is 0 Å². The first-order chi connectivity index (χ1) is 14.4. The topological polar surface area (TPSA) is 60.7 Å². The van der Waals surface area contributed by atoms with Crippen molar-refractivity contribution in [2.75, 3.05) is 0 Å². The number of fused-ring (bicyclic) bond motifs is 4. The summed E-state index contributed by atoms with van der Waals surface area (Å²) >= 11 is 0. The van der Waals surface area contributed by atoms with Gasteiger partial charge in [-0.2, -0.15) is 0 Å². The molecular formula is C28H46O3. The Balaban J connectivity index is 1.63. The van der Waals surface area contributed by atoms with Gasteiger partial charge >= 0.3 is 0 Å². The quantitative estimate of drug-likeness (QED) is 0.506. The van der Waals surface area contributed by atoms with Crippen molar-refractivity contribution in [1.29, 1.82) is 0 Å². The van der Waals surface area contributed by atoms with E-state index in [-0.39, 0.29) is 5.41 Å². The Bertz CT molecular complexity index is 753. The third-order valence-electron chi connectivity index (χ3n) is 10.6. The number of rotatable bonds is 4. The molecule has 0 aliphatic heterocycles. The monoisotopic (exact) mass is 430 g/mol. The highest BCUT2D eigenvalue weighted by atomic mass is 16.3. The fourth-order valence-corrected chi connectivity index (χ4v) is 8.08. The Labute approximate surface area is 190 Å². The zero-order valence-electron chi connectivity index (χ0n) is 20.7. The summed E-state index contributed by atoms with van der Waals surface area (Å²) in [6.45, 7) is 14.0. The van der Waals surface area contributed by atoms with Crippen molar-refractivity contribution in [3.05, 3.63) is 23.3 Å². The molecule has 176 valence electrons. The maximum atomic E-state index is 11.6. The highest BCUT2D eigenvalue weighted by Gasteiger charge is 2.63. The fraction of sp³-hybridized carbons (Fsp3) is 0.857. The summed E-state index contributed by atoms with van der Waals surface area (Å²) in [5.41, 5.74) is 1.62. The van der Waals surface area contributed by atoms with Crippen LogP contribution in [0.4, 0.5) is 0 Å². The molecule has 3 unspecified atom stereocenters. The average Bonchev–Trinajstić information content (AvgIpc) is 3.05. The molecule has 0 bridgehead atoms. The fourth-order valence-electron chi connectivity index (χ4n) is 8.08. The van der Waals surface area contributed by atoms with Crippen LogP contribution in [0.25, 0.3) is 0 Å². The second-order valence-corrected chi connectivity index (χ2v) is 12.5. The van der Waals surface area contributed by atoms with Crippen molar-refractivity contribution in [2.24, 2.45) is 40.4 Å². The molecule has 3 N–H and O–H groups in total. The van der Waals surface area contributed by atoms with Crippen LogP contribution in [0.1, 0.15) is 92.9 Å². The number of allylic oxidation sites excluding steroid dienone is 2. The van der Waals surface area contributed by atoms with E-state index in [0.717, 1.165) is 19.3 Å². The SMILES string of the molecule is CC(C)[C@@H](C)/C=C/[C@@H](C)[C@H]1CC[C@H]2C3=C(CC[C@]12C)[C@@]1(C)CCC(O)CC1(O)C(O)C3. The maximum Gasteiger partial charge on any atom is 0.102 e. The van der Waals surface area contributed by atoms with Crippen LogP contribution in [0, 0.1) is 40.4 Å². The lowest BCUT2D eigenvalue weighted by Crippen LogP contribution is -2.63. The molecule has 0 heterocycles. The number of aliphatic hydroxyl groups excluding tert-OH is 2. The lowest BCUT2D eigenvalue weighted by molar-refractivity contribution is -0.191. The molecular weight excluding hydrogens is 384 g/mol. The molecule has 4 aliphatic carbocycles. The minimum absolute atomic E-state index is 0.281. The highest BCUT2D eigenvalue weighted by Crippen LogP contribution is 2.66. The standard InChI is InChI=1S/C28H46O3/c1-17(2)18(3)7-8-19(4)22-9-10-23-21-15-25(30)28(31)16-20(29)11-14-27(28,6)24(21)12-13-26(22,23)5/h7-8,17-20,22-23,25,29-31H,9-16H2,1-6H3/b8-7+/t18-,19+,20?,22+,23-,25?,26+,27+,28?/m0/s1. The molecule has 0 saturated heterocycles. The zero-order valence-corrected chi connectivity index (χ0v) is 20.7. The number of hydrogen-bond acceptors (Lipinski definition) is 3. The van der Waals surface area contributed by atoms with Crippen LogP contribution in [-0.4, -0.2) is 33.1 Å². The van der Waals surface area contributed by atoms with Crippen molar-refractivity contribution < 1.29 is 15.3 Å². The van der Waals surface area contributed by atoms with Gasteiger partial charge in [-0.1, -0.05) is 64.8 Å². The van der Waals surface area contributed by atoms with Gasteiger partial charge in [0.1, 0.15) is 5.60 Å². The molecule has 31 heavy (non-hydrogen) atoms. The molecule has 2 fully saturated rings. The molecule has 0 spiro atoms. The van der Waals surface area contributed by atoms with Gasteiger partial charge in [-0.05, 0) is 80.0 Å². The van der Waals surface area contributed by atoms with Gasteiger partial charge in [-0.25, -0.2) is 0 Å². The molecule has 0 aromatic carbocycles. The van der Waals surface area contributed by atoms with Crippen LogP contribution < -0.4 is 0 Å². The molecule has 3 heteroatoms. The van der Waals surface area contributed by atoms with E-state index in [4.69, 9.17) is 0 Å². The Hall–Kier alpha value is -0.640. The summed E-state index contributed by atoms with van der Waals surface area (Å²) in [5.74, 6) is 3.07. The van der Waals surface area contributed by atoms with Crippen molar-refractivity contribution >= 4 is 0 Å². The van der Waals surface area contributed by atoms with Gasteiger partial charge in [0.25, 0.3) is 0 Å². The van der Waals surface area contributed by atoms with Gasteiger partial charge in [0.15, 0.2) is 0 Å². The minimum Gasteiger partial charge on any atom is -0.393 e. The van der Waals surface area contributed by atoms with Crippen LogP contribution >= 0.6 is 0 Å². The van der Waals surface area contributed by atoms with Gasteiger partial charge in [0.2, 0.25) is 0 Å². The van der Waals surface area contributed by atoms with Crippen LogP contribution in [-0.2, 0) is 0 Å². The Morgan fingerprint density at radius 3 is 2.35 bits per heavy atom. The largest absolute Gasteiger partial charge is 0.393 e. The van der Waals surface area contributed by atoms with Crippen molar-refractivity contribution in [3.8, 4) is 0 Å². The van der Waals surface area contributed by atoms with Gasteiger partial charge in [0, 0.05) is 11.8 Å². The van der Waals surface area contributed by atoms with Gasteiger partial charge < -0.3 is 15.3 Å². The van der Waals surface area contributed by atoms with E-state index in [0.29, 0.717) is 42.4 Å². The smallest absolute Gasteiger partial charge is 0.102 e. The van der Waals surface area contributed by atoms with Crippen LogP contribution in [0.15, 0.2) is 23.3 Å². The van der Waals surface area contributed by atoms with Gasteiger partial charge in [-0.3, -0.25) is 0 Å². The first-order valence-electron chi connectivity index (χ1n) is 12.9. The summed E-state index contributed by atoms with van der Waals surface area (Å²) in [7, 11) is 0. The predicted octanol–water partition coefficient (Wildman–Crippen LogP) is 5.64. The van der Waals surface area contributed by atoms with E-state index >= 15 is 0 Å². The number of aliphatic hydroxyl groups is 3. The molecule has 9 atom stereocenters. The first-order valence-corrected chi connectivity index (χ1v) is 12.9. The molecule has 0 radical (unpaired) electrons. The molecule has 2 saturated carbocycles. The summed E-state index contributed by atoms with van der Waals surface area (Å²) in [6, 6.07) is 0. The third-order valence-corrected chi connectivity index (χ3v) is 10.6. The van der Waals surface area contributed by atoms with E-state index < -0.39 is 23.2 Å². The summed E-state index contributed by atoms with van der Waals surface area (Å²) < 4.78 is 0. The first kappa shape index (κ1) is 23.5. The second-order valence-electron chi connectivity index (χ2n) is 12.5. The number of hydrogen-bond donors (Lipinski definition) is 3. The molecule has 0 aromatic rings. The Morgan fingerprint density at radius 2 is 1.68 bits per heavy atom. The second kappa shape index (κ2) is 7.99. The van der Waals surface area contributed by atoms with Gasteiger partial charge in [-0.15, -0.1) is 0 Å². The van der Waals surface area contributed by atoms with Crippen molar-refractivity contribution in [1.82, 2.24) is 0 Å². The van der Waals surface area contributed by atoms with Crippen LogP contribution in [0.5, 0.6) is 0 Å². The van der Waals surface area contributed by atoms with Crippen molar-refractivity contribution in [3.63, 3.8) is 0 Å². The summed E-state index contributed by atoms with van der Waals surface area (Å²) in [4.78, 5) is 0. The Kier molecular flexibility index (Phi) is 6.06. The lowest BCUT2D eigenvalue weighted by atomic mass is 9.48. The van der Waals surface area contributed by atoms with Crippen LogP contribution in [0.2, 0.25) is 0 Å². The van der Waals surface area contributed by atoms with Crippen LogP contribution in [0.3, 0.4) is 0 Å². The Morgan fingerprint density at radius 1 is 0.968 bits per heavy atom. The van der Waals surface area contributed by atoms with E-state index in [1.54, 1.807) is 0 Å². The molecule has 0 amide bonds. The summed E-state index contributed by atoms with van der Waals surface area (Å²) in [6.07, 6.45) is 10.7. The predicted molar refractivity (Wildman–Crippen MR) is 126 cm³/mol. The maximum absolute atomic E-state index is 11.6. The van der Waals surface area contributed by atoms with E-state index in [2.05, 4.69) is 53.7 Å². The highest BCUT2D eigenvalue weighted by molar-refractivity contribution is 5.39.